The molecule has 1 aromatic rings. The molecule has 0 spiro atoms. The molecular weight excluding hydrogens is 272 g/mol. The zero-order valence-corrected chi connectivity index (χ0v) is 13.1. The number of anilines is 1. The fourth-order valence-electron chi connectivity index (χ4n) is 2.13. The van der Waals surface area contributed by atoms with E-state index in [1.54, 1.807) is 0 Å². The topological polar surface area (TPSA) is 72.7 Å². The van der Waals surface area contributed by atoms with Gasteiger partial charge in [-0.05, 0) is 31.9 Å². The Morgan fingerprint density at radius 3 is 2.38 bits per heavy atom. The molecule has 0 saturated heterocycles. The van der Waals surface area contributed by atoms with E-state index in [0.717, 1.165) is 0 Å². The van der Waals surface area contributed by atoms with Crippen LogP contribution in [0, 0.1) is 16.0 Å². The van der Waals surface area contributed by atoms with E-state index in [1.165, 1.54) is 25.3 Å². The lowest BCUT2D eigenvalue weighted by molar-refractivity contribution is -0.384. The molecule has 0 radical (unpaired) electrons. The number of benzene rings is 1. The van der Waals surface area contributed by atoms with E-state index in [9.17, 15) is 14.9 Å². The molecule has 0 aliphatic carbocycles. The summed E-state index contributed by atoms with van der Waals surface area (Å²) in [6, 6.07) is 4.39. The molecule has 6 nitrogen and oxygen atoms in total. The Labute approximate surface area is 124 Å². The standard InChI is InChI=1S/C15H22N2O4/c1-10(2)9-16(11(3)4)14-8-12(15(18)21-5)6-7-13(14)17(19)20/h6-8,10-11H,9H2,1-5H3. The first kappa shape index (κ1) is 16.9. The normalized spacial score (nSPS) is 10.8. The van der Waals surface area contributed by atoms with Crippen molar-refractivity contribution in [1.29, 1.82) is 0 Å². The lowest BCUT2D eigenvalue weighted by Crippen LogP contribution is -2.34. The van der Waals surface area contributed by atoms with Crippen molar-refractivity contribution in [1.82, 2.24) is 0 Å². The first-order valence-corrected chi connectivity index (χ1v) is 6.91. The van der Waals surface area contributed by atoms with Crippen molar-refractivity contribution >= 4 is 17.3 Å². The van der Waals surface area contributed by atoms with Crippen molar-refractivity contribution in [2.45, 2.75) is 33.7 Å². The summed E-state index contributed by atoms with van der Waals surface area (Å²) in [5, 5.41) is 11.2. The Balaban J connectivity index is 3.38. The monoisotopic (exact) mass is 294 g/mol. The molecule has 1 aromatic carbocycles. The van der Waals surface area contributed by atoms with E-state index in [-0.39, 0.29) is 11.7 Å². The van der Waals surface area contributed by atoms with Gasteiger partial charge in [-0.25, -0.2) is 4.79 Å². The maximum atomic E-state index is 11.7. The number of hydrogen-bond acceptors (Lipinski definition) is 5. The highest BCUT2D eigenvalue weighted by Crippen LogP contribution is 2.31. The molecular formula is C15H22N2O4. The predicted molar refractivity (Wildman–Crippen MR) is 81.8 cm³/mol. The fourth-order valence-corrected chi connectivity index (χ4v) is 2.13. The average molecular weight is 294 g/mol. The summed E-state index contributed by atoms with van der Waals surface area (Å²) < 4.78 is 4.69. The summed E-state index contributed by atoms with van der Waals surface area (Å²) in [5.74, 6) is -0.159. The van der Waals surface area contributed by atoms with Crippen LogP contribution in [0.3, 0.4) is 0 Å². The van der Waals surface area contributed by atoms with Gasteiger partial charge in [-0.3, -0.25) is 10.1 Å². The fraction of sp³-hybridized carbons (Fsp3) is 0.533. The van der Waals surface area contributed by atoms with Crippen LogP contribution < -0.4 is 4.90 Å². The Kier molecular flexibility index (Phi) is 5.69. The van der Waals surface area contributed by atoms with Crippen LogP contribution in [-0.2, 0) is 4.74 Å². The van der Waals surface area contributed by atoms with Gasteiger partial charge in [-0.2, -0.15) is 0 Å². The largest absolute Gasteiger partial charge is 0.465 e. The van der Waals surface area contributed by atoms with Crippen molar-refractivity contribution in [3.8, 4) is 0 Å². The molecule has 0 bridgehead atoms. The smallest absolute Gasteiger partial charge is 0.337 e. The second-order valence-electron chi connectivity index (χ2n) is 5.59. The van der Waals surface area contributed by atoms with Gasteiger partial charge in [0.15, 0.2) is 0 Å². The van der Waals surface area contributed by atoms with Gasteiger partial charge in [-0.15, -0.1) is 0 Å². The summed E-state index contributed by atoms with van der Waals surface area (Å²) >= 11 is 0. The van der Waals surface area contributed by atoms with Crippen molar-refractivity contribution in [2.24, 2.45) is 5.92 Å². The summed E-state index contributed by atoms with van der Waals surface area (Å²) in [5.41, 5.74) is 0.760. The molecule has 6 heteroatoms. The van der Waals surface area contributed by atoms with Gasteiger partial charge in [-0.1, -0.05) is 13.8 Å². The van der Waals surface area contributed by atoms with Crippen LogP contribution in [0.2, 0.25) is 0 Å². The quantitative estimate of drug-likeness (QED) is 0.457. The Hall–Kier alpha value is -2.11. The minimum absolute atomic E-state index is 0.00277. The zero-order chi connectivity index (χ0) is 16.2. The molecule has 0 unspecified atom stereocenters. The van der Waals surface area contributed by atoms with Gasteiger partial charge >= 0.3 is 5.97 Å². The number of carbonyl (C=O) groups excluding carboxylic acids is 1. The number of carbonyl (C=O) groups is 1. The lowest BCUT2D eigenvalue weighted by atomic mass is 10.1. The second kappa shape index (κ2) is 7.06. The van der Waals surface area contributed by atoms with Crippen LogP contribution in [0.5, 0.6) is 0 Å². The molecule has 21 heavy (non-hydrogen) atoms. The molecule has 0 amide bonds. The van der Waals surface area contributed by atoms with Gasteiger partial charge in [0, 0.05) is 18.7 Å². The Morgan fingerprint density at radius 1 is 1.33 bits per heavy atom. The molecule has 0 aliphatic heterocycles. The summed E-state index contributed by atoms with van der Waals surface area (Å²) in [7, 11) is 1.29. The van der Waals surface area contributed by atoms with Crippen molar-refractivity contribution < 1.29 is 14.5 Å². The van der Waals surface area contributed by atoms with Crippen molar-refractivity contribution in [3.63, 3.8) is 0 Å². The highest BCUT2D eigenvalue weighted by Gasteiger charge is 2.24. The molecule has 0 aromatic heterocycles. The number of methoxy groups -OCH3 is 1. The molecule has 0 aliphatic rings. The number of esters is 1. The third kappa shape index (κ3) is 4.18. The van der Waals surface area contributed by atoms with E-state index >= 15 is 0 Å². The molecule has 0 atom stereocenters. The minimum Gasteiger partial charge on any atom is -0.465 e. The van der Waals surface area contributed by atoms with Gasteiger partial charge in [0.05, 0.1) is 17.6 Å². The zero-order valence-electron chi connectivity index (χ0n) is 13.1. The minimum atomic E-state index is -0.501. The maximum Gasteiger partial charge on any atom is 0.337 e. The Bertz CT molecular complexity index is 526. The number of ether oxygens (including phenoxy) is 1. The SMILES string of the molecule is COC(=O)c1ccc([N+](=O)[O-])c(N(CC(C)C)C(C)C)c1. The van der Waals surface area contributed by atoms with E-state index in [4.69, 9.17) is 0 Å². The summed E-state index contributed by atoms with van der Waals surface area (Å²) in [6.07, 6.45) is 0. The van der Waals surface area contributed by atoms with Crippen LogP contribution in [0.4, 0.5) is 11.4 Å². The van der Waals surface area contributed by atoms with Gasteiger partial charge in [0.25, 0.3) is 5.69 Å². The van der Waals surface area contributed by atoms with Crippen LogP contribution in [0.25, 0.3) is 0 Å². The number of rotatable bonds is 6. The van der Waals surface area contributed by atoms with Crippen LogP contribution in [0.15, 0.2) is 18.2 Å². The molecule has 116 valence electrons. The molecule has 0 fully saturated rings. The van der Waals surface area contributed by atoms with Crippen molar-refractivity contribution in [3.05, 3.63) is 33.9 Å². The molecule has 0 saturated carbocycles. The van der Waals surface area contributed by atoms with Crippen molar-refractivity contribution in [2.75, 3.05) is 18.6 Å². The van der Waals surface area contributed by atoms with Gasteiger partial charge in [0.2, 0.25) is 0 Å². The molecule has 0 N–H and O–H groups in total. The predicted octanol–water partition coefficient (Wildman–Crippen LogP) is 3.25. The second-order valence-corrected chi connectivity index (χ2v) is 5.59. The maximum absolute atomic E-state index is 11.7. The van der Waals surface area contributed by atoms with Gasteiger partial charge < -0.3 is 9.64 Å². The summed E-state index contributed by atoms with van der Waals surface area (Å²) in [4.78, 5) is 24.4. The Morgan fingerprint density at radius 2 is 1.95 bits per heavy atom. The number of nitrogens with zero attached hydrogens (tertiary/aromatic N) is 2. The number of hydrogen-bond donors (Lipinski definition) is 0. The lowest BCUT2D eigenvalue weighted by Gasteiger charge is -2.30. The third-order valence-corrected chi connectivity index (χ3v) is 3.09. The van der Waals surface area contributed by atoms with Gasteiger partial charge in [0.1, 0.15) is 5.69 Å². The number of nitro groups is 1. The molecule has 0 heterocycles. The van der Waals surface area contributed by atoms with Crippen LogP contribution in [0.1, 0.15) is 38.1 Å². The average Bonchev–Trinajstić information content (AvgIpc) is 2.42. The highest BCUT2D eigenvalue weighted by molar-refractivity contribution is 5.91. The highest BCUT2D eigenvalue weighted by atomic mass is 16.6. The van der Waals surface area contributed by atoms with Crippen LogP contribution in [-0.4, -0.2) is 30.6 Å². The first-order valence-electron chi connectivity index (χ1n) is 6.91. The van der Waals surface area contributed by atoms with E-state index in [0.29, 0.717) is 23.7 Å². The van der Waals surface area contributed by atoms with E-state index in [2.05, 4.69) is 4.74 Å². The number of nitro benzene ring substituents is 1. The molecule has 1 rings (SSSR count). The first-order chi connectivity index (χ1) is 9.77. The third-order valence-electron chi connectivity index (χ3n) is 3.09. The summed E-state index contributed by atoms with van der Waals surface area (Å²) in [6.45, 7) is 8.70. The van der Waals surface area contributed by atoms with E-state index < -0.39 is 10.9 Å². The van der Waals surface area contributed by atoms with E-state index in [1.807, 2.05) is 32.6 Å². The van der Waals surface area contributed by atoms with Crippen LogP contribution >= 0.6 is 0 Å².